The average Bonchev–Trinajstić information content (AvgIpc) is 2.58. The van der Waals surface area contributed by atoms with Crippen molar-refractivity contribution in [3.63, 3.8) is 0 Å². The SMILES string of the molecule is Cc1ccc(S(=O)(=O)NCCNC(=O)C23CC4CC(CC(C4)C2)C3)cc1. The van der Waals surface area contributed by atoms with Crippen molar-refractivity contribution in [1.29, 1.82) is 0 Å². The molecule has 4 aliphatic carbocycles. The molecule has 0 unspecified atom stereocenters. The van der Waals surface area contributed by atoms with E-state index in [2.05, 4.69) is 10.0 Å². The summed E-state index contributed by atoms with van der Waals surface area (Å²) in [6.07, 6.45) is 7.01. The Balaban J connectivity index is 1.30. The van der Waals surface area contributed by atoms with Gasteiger partial charge in [0.25, 0.3) is 0 Å². The number of carbonyl (C=O) groups excluding carboxylic acids is 1. The normalized spacial score (nSPS) is 32.6. The van der Waals surface area contributed by atoms with Gasteiger partial charge in [-0.05, 0) is 75.3 Å². The minimum atomic E-state index is -3.52. The van der Waals surface area contributed by atoms with Crippen molar-refractivity contribution in [1.82, 2.24) is 10.0 Å². The van der Waals surface area contributed by atoms with Gasteiger partial charge in [-0.2, -0.15) is 0 Å². The molecule has 0 heterocycles. The van der Waals surface area contributed by atoms with Crippen LogP contribution in [0.4, 0.5) is 0 Å². The second-order valence-electron chi connectivity index (χ2n) is 8.66. The summed E-state index contributed by atoms with van der Waals surface area (Å²) >= 11 is 0. The minimum Gasteiger partial charge on any atom is -0.354 e. The van der Waals surface area contributed by atoms with E-state index >= 15 is 0 Å². The Morgan fingerprint density at radius 1 is 1.00 bits per heavy atom. The fourth-order valence-corrected chi connectivity index (χ4v) is 6.77. The Morgan fingerprint density at radius 2 is 1.54 bits per heavy atom. The van der Waals surface area contributed by atoms with Crippen LogP contribution >= 0.6 is 0 Å². The molecule has 5 nitrogen and oxygen atoms in total. The van der Waals surface area contributed by atoms with Gasteiger partial charge in [-0.3, -0.25) is 4.79 Å². The Kier molecular flexibility index (Phi) is 4.59. The highest BCUT2D eigenvalue weighted by Gasteiger charge is 2.54. The van der Waals surface area contributed by atoms with Gasteiger partial charge in [0.05, 0.1) is 4.90 Å². The zero-order valence-corrected chi connectivity index (χ0v) is 16.1. The molecule has 4 bridgehead atoms. The molecule has 4 saturated carbocycles. The number of carbonyl (C=O) groups is 1. The first kappa shape index (κ1) is 18.0. The lowest BCUT2D eigenvalue weighted by Gasteiger charge is -2.55. The van der Waals surface area contributed by atoms with E-state index in [0.29, 0.717) is 6.54 Å². The Morgan fingerprint density at radius 3 is 2.08 bits per heavy atom. The van der Waals surface area contributed by atoms with Gasteiger partial charge < -0.3 is 5.32 Å². The first-order chi connectivity index (χ1) is 12.4. The third kappa shape index (κ3) is 3.41. The third-order valence-corrected chi connectivity index (χ3v) is 8.03. The molecule has 142 valence electrons. The van der Waals surface area contributed by atoms with E-state index in [0.717, 1.165) is 42.6 Å². The van der Waals surface area contributed by atoms with Crippen LogP contribution in [0.3, 0.4) is 0 Å². The quantitative estimate of drug-likeness (QED) is 0.750. The van der Waals surface area contributed by atoms with E-state index < -0.39 is 10.0 Å². The molecule has 1 aromatic carbocycles. The van der Waals surface area contributed by atoms with Crippen LogP contribution in [-0.4, -0.2) is 27.4 Å². The monoisotopic (exact) mass is 376 g/mol. The molecule has 0 aromatic heterocycles. The smallest absolute Gasteiger partial charge is 0.240 e. The van der Waals surface area contributed by atoms with Crippen molar-refractivity contribution in [3.05, 3.63) is 29.8 Å². The standard InChI is InChI=1S/C20H28N2O3S/c1-14-2-4-18(5-3-14)26(24,25)22-7-6-21-19(23)20-11-15-8-16(12-20)10-17(9-15)13-20/h2-5,15-17,22H,6-13H2,1H3,(H,21,23). The van der Waals surface area contributed by atoms with Crippen LogP contribution in [0.25, 0.3) is 0 Å². The molecule has 1 amide bonds. The molecular weight excluding hydrogens is 348 g/mol. The summed E-state index contributed by atoms with van der Waals surface area (Å²) in [5, 5.41) is 3.01. The third-order valence-electron chi connectivity index (χ3n) is 6.55. The number of amides is 1. The van der Waals surface area contributed by atoms with Crippen LogP contribution in [0, 0.1) is 30.1 Å². The van der Waals surface area contributed by atoms with Crippen molar-refractivity contribution in [2.24, 2.45) is 23.2 Å². The van der Waals surface area contributed by atoms with E-state index in [1.54, 1.807) is 24.3 Å². The second kappa shape index (κ2) is 6.64. The average molecular weight is 377 g/mol. The van der Waals surface area contributed by atoms with Crippen molar-refractivity contribution < 1.29 is 13.2 Å². The zero-order chi connectivity index (χ0) is 18.4. The number of hydrogen-bond acceptors (Lipinski definition) is 3. The zero-order valence-electron chi connectivity index (χ0n) is 15.3. The lowest BCUT2D eigenvalue weighted by Crippen LogP contribution is -2.54. The summed E-state index contributed by atoms with van der Waals surface area (Å²) in [7, 11) is -3.52. The van der Waals surface area contributed by atoms with Crippen LogP contribution < -0.4 is 10.0 Å². The molecule has 2 N–H and O–H groups in total. The number of aryl methyl sites for hydroxylation is 1. The van der Waals surface area contributed by atoms with Crippen LogP contribution in [0.1, 0.15) is 44.1 Å². The maximum atomic E-state index is 12.8. The number of sulfonamides is 1. The Hall–Kier alpha value is -1.40. The lowest BCUT2D eigenvalue weighted by molar-refractivity contribution is -0.146. The van der Waals surface area contributed by atoms with E-state index in [-0.39, 0.29) is 22.8 Å². The molecule has 0 spiro atoms. The predicted molar refractivity (Wildman–Crippen MR) is 100.0 cm³/mol. The highest BCUT2D eigenvalue weighted by Crippen LogP contribution is 2.60. The maximum absolute atomic E-state index is 12.8. The second-order valence-corrected chi connectivity index (χ2v) is 10.4. The molecule has 0 saturated heterocycles. The lowest BCUT2D eigenvalue weighted by atomic mass is 9.49. The topological polar surface area (TPSA) is 75.3 Å². The maximum Gasteiger partial charge on any atom is 0.240 e. The van der Waals surface area contributed by atoms with Gasteiger partial charge in [-0.25, -0.2) is 13.1 Å². The van der Waals surface area contributed by atoms with Gasteiger partial charge in [0.15, 0.2) is 0 Å². The van der Waals surface area contributed by atoms with Gasteiger partial charge in [0.2, 0.25) is 15.9 Å². The molecule has 4 fully saturated rings. The highest BCUT2D eigenvalue weighted by molar-refractivity contribution is 7.89. The molecule has 6 heteroatoms. The van der Waals surface area contributed by atoms with Crippen LogP contribution in [-0.2, 0) is 14.8 Å². The molecular formula is C20H28N2O3S. The summed E-state index contributed by atoms with van der Waals surface area (Å²) in [6, 6.07) is 6.77. The first-order valence-electron chi connectivity index (χ1n) is 9.71. The molecule has 1 aromatic rings. The molecule has 0 atom stereocenters. The van der Waals surface area contributed by atoms with E-state index in [1.807, 2.05) is 6.92 Å². The van der Waals surface area contributed by atoms with E-state index in [9.17, 15) is 13.2 Å². The first-order valence-corrected chi connectivity index (χ1v) is 11.2. The predicted octanol–water partition coefficient (Wildman–Crippen LogP) is 2.61. The molecule has 26 heavy (non-hydrogen) atoms. The fourth-order valence-electron chi connectivity index (χ4n) is 5.74. The number of hydrogen-bond donors (Lipinski definition) is 2. The molecule has 0 aliphatic heterocycles. The fraction of sp³-hybridized carbons (Fsp3) is 0.650. The Labute approximate surface area is 156 Å². The van der Waals surface area contributed by atoms with Gasteiger partial charge >= 0.3 is 0 Å². The summed E-state index contributed by atoms with van der Waals surface area (Å²) in [4.78, 5) is 13.1. The number of rotatable bonds is 6. The van der Waals surface area contributed by atoms with Crippen molar-refractivity contribution in [3.8, 4) is 0 Å². The van der Waals surface area contributed by atoms with E-state index in [4.69, 9.17) is 0 Å². The largest absolute Gasteiger partial charge is 0.354 e. The minimum absolute atomic E-state index is 0.145. The summed E-state index contributed by atoms with van der Waals surface area (Å²) in [5.74, 6) is 2.33. The number of benzene rings is 1. The van der Waals surface area contributed by atoms with E-state index in [1.165, 1.54) is 19.3 Å². The summed E-state index contributed by atoms with van der Waals surface area (Å²) in [5.41, 5.74) is 0.844. The molecule has 4 aliphatic rings. The Bertz CT molecular complexity index is 750. The van der Waals surface area contributed by atoms with Crippen molar-refractivity contribution >= 4 is 15.9 Å². The van der Waals surface area contributed by atoms with Crippen LogP contribution in [0.15, 0.2) is 29.2 Å². The molecule has 0 radical (unpaired) electrons. The van der Waals surface area contributed by atoms with Gasteiger partial charge in [0, 0.05) is 18.5 Å². The van der Waals surface area contributed by atoms with Gasteiger partial charge in [-0.15, -0.1) is 0 Å². The number of nitrogens with one attached hydrogen (secondary N) is 2. The molecule has 5 rings (SSSR count). The van der Waals surface area contributed by atoms with Crippen LogP contribution in [0.2, 0.25) is 0 Å². The van der Waals surface area contributed by atoms with Crippen LogP contribution in [0.5, 0.6) is 0 Å². The van der Waals surface area contributed by atoms with Gasteiger partial charge in [-0.1, -0.05) is 17.7 Å². The van der Waals surface area contributed by atoms with Crippen molar-refractivity contribution in [2.75, 3.05) is 13.1 Å². The highest BCUT2D eigenvalue weighted by atomic mass is 32.2. The summed E-state index contributed by atoms with van der Waals surface area (Å²) in [6.45, 7) is 2.48. The van der Waals surface area contributed by atoms with Gasteiger partial charge in [0.1, 0.15) is 0 Å². The summed E-state index contributed by atoms with van der Waals surface area (Å²) < 4.78 is 27.2. The van der Waals surface area contributed by atoms with Crippen molar-refractivity contribution in [2.45, 2.75) is 50.3 Å².